The molecule has 0 spiro atoms. The van der Waals surface area contributed by atoms with Crippen molar-refractivity contribution in [3.8, 4) is 11.5 Å². The van der Waals surface area contributed by atoms with Crippen LogP contribution in [0.25, 0.3) is 5.76 Å². The number of amides is 1. The Labute approximate surface area is 191 Å². The first kappa shape index (κ1) is 23.4. The maximum atomic E-state index is 13.0. The van der Waals surface area contributed by atoms with Gasteiger partial charge in [-0.05, 0) is 35.9 Å². The Balaban J connectivity index is 2.14. The van der Waals surface area contributed by atoms with Crippen molar-refractivity contribution in [2.24, 2.45) is 0 Å². The number of rotatable bonds is 9. The third-order valence-corrected chi connectivity index (χ3v) is 5.34. The lowest BCUT2D eigenvalue weighted by molar-refractivity contribution is -0.140. The molecule has 1 fully saturated rings. The molecule has 1 atom stereocenters. The van der Waals surface area contributed by atoms with Gasteiger partial charge in [0.25, 0.3) is 11.7 Å². The first-order valence-electron chi connectivity index (χ1n) is 9.87. The summed E-state index contributed by atoms with van der Waals surface area (Å²) in [7, 11) is 2.98. The Kier molecular flexibility index (Phi) is 7.56. The summed E-state index contributed by atoms with van der Waals surface area (Å²) in [5.74, 6) is -0.853. The number of aliphatic hydroxyl groups is 1. The molecule has 1 N–H and O–H groups in total. The molecule has 1 saturated heterocycles. The summed E-state index contributed by atoms with van der Waals surface area (Å²) in [5.41, 5.74) is 0.876. The molecule has 2 aromatic rings. The highest BCUT2D eigenvalue weighted by atomic mass is 35.5. The topological polar surface area (TPSA) is 85.3 Å². The number of nitrogens with zero attached hydrogens (tertiary/aromatic N) is 1. The van der Waals surface area contributed by atoms with Gasteiger partial charge in [-0.2, -0.15) is 0 Å². The number of carbonyl (C=O) groups excluding carboxylic acids is 2. The monoisotopic (exact) mass is 457 g/mol. The molecule has 3 rings (SSSR count). The molecule has 0 aromatic heterocycles. The lowest BCUT2D eigenvalue weighted by Crippen LogP contribution is -2.32. The van der Waals surface area contributed by atoms with Gasteiger partial charge < -0.3 is 24.2 Å². The average molecular weight is 458 g/mol. The number of ether oxygens (including phenoxy) is 3. The lowest BCUT2D eigenvalue weighted by Gasteiger charge is -2.25. The molecular formula is C24H24ClNO6. The van der Waals surface area contributed by atoms with E-state index < -0.39 is 17.7 Å². The van der Waals surface area contributed by atoms with Crippen LogP contribution in [0.3, 0.4) is 0 Å². The predicted octanol–water partition coefficient (Wildman–Crippen LogP) is 3.98. The van der Waals surface area contributed by atoms with Gasteiger partial charge in [-0.3, -0.25) is 9.59 Å². The second-order valence-corrected chi connectivity index (χ2v) is 7.41. The molecule has 1 unspecified atom stereocenters. The van der Waals surface area contributed by atoms with Crippen molar-refractivity contribution in [1.82, 2.24) is 4.90 Å². The Morgan fingerprint density at radius 2 is 2.00 bits per heavy atom. The van der Waals surface area contributed by atoms with Gasteiger partial charge >= 0.3 is 0 Å². The zero-order chi connectivity index (χ0) is 23.3. The summed E-state index contributed by atoms with van der Waals surface area (Å²) in [5, 5.41) is 11.4. The van der Waals surface area contributed by atoms with Gasteiger partial charge in [0.1, 0.15) is 23.9 Å². The van der Waals surface area contributed by atoms with Crippen molar-refractivity contribution >= 4 is 29.1 Å². The molecule has 1 aliphatic rings. The van der Waals surface area contributed by atoms with Crippen molar-refractivity contribution in [2.75, 3.05) is 34.0 Å². The predicted molar refractivity (Wildman–Crippen MR) is 121 cm³/mol. The molecule has 7 nitrogen and oxygen atoms in total. The lowest BCUT2D eigenvalue weighted by atomic mass is 9.95. The molecule has 1 aliphatic heterocycles. The van der Waals surface area contributed by atoms with Crippen molar-refractivity contribution in [3.63, 3.8) is 0 Å². The van der Waals surface area contributed by atoms with E-state index in [-0.39, 0.29) is 29.5 Å². The highest BCUT2D eigenvalue weighted by Crippen LogP contribution is 2.40. The molecule has 0 saturated carbocycles. The van der Waals surface area contributed by atoms with E-state index in [1.807, 2.05) is 0 Å². The van der Waals surface area contributed by atoms with Gasteiger partial charge in [0.2, 0.25) is 0 Å². The Bertz CT molecular complexity index is 1060. The van der Waals surface area contributed by atoms with Crippen molar-refractivity contribution < 1.29 is 28.9 Å². The number of methoxy groups -OCH3 is 2. The molecule has 8 heteroatoms. The van der Waals surface area contributed by atoms with Crippen LogP contribution in [0.2, 0.25) is 5.02 Å². The molecule has 0 radical (unpaired) electrons. The first-order valence-corrected chi connectivity index (χ1v) is 10.3. The van der Waals surface area contributed by atoms with Gasteiger partial charge in [-0.15, -0.1) is 0 Å². The van der Waals surface area contributed by atoms with Crippen LogP contribution >= 0.6 is 11.6 Å². The SMILES string of the molecule is C=CCOc1cccc(C2/C(=C(\O)c3ccc(OC)c(Cl)c3)C(=O)C(=O)N2CCOC)c1. The van der Waals surface area contributed by atoms with Crippen molar-refractivity contribution in [2.45, 2.75) is 6.04 Å². The van der Waals surface area contributed by atoms with E-state index in [2.05, 4.69) is 6.58 Å². The van der Waals surface area contributed by atoms with Crippen LogP contribution in [0, 0.1) is 0 Å². The summed E-state index contributed by atoms with van der Waals surface area (Å²) in [6.45, 7) is 4.33. The third-order valence-electron chi connectivity index (χ3n) is 5.04. The van der Waals surface area contributed by atoms with Crippen LogP contribution in [0.5, 0.6) is 11.5 Å². The van der Waals surface area contributed by atoms with Crippen LogP contribution in [-0.2, 0) is 14.3 Å². The minimum Gasteiger partial charge on any atom is -0.507 e. The second kappa shape index (κ2) is 10.3. The van der Waals surface area contributed by atoms with Crippen LogP contribution in [-0.4, -0.2) is 55.7 Å². The smallest absolute Gasteiger partial charge is 0.295 e. The Morgan fingerprint density at radius 3 is 2.66 bits per heavy atom. The maximum Gasteiger partial charge on any atom is 0.295 e. The van der Waals surface area contributed by atoms with E-state index in [1.165, 1.54) is 25.2 Å². The minimum atomic E-state index is -0.821. The number of hydrogen-bond acceptors (Lipinski definition) is 6. The summed E-state index contributed by atoms with van der Waals surface area (Å²) >= 11 is 6.20. The average Bonchev–Trinajstić information content (AvgIpc) is 3.05. The first-order chi connectivity index (χ1) is 15.4. The number of aliphatic hydroxyl groups excluding tert-OH is 1. The molecule has 1 heterocycles. The van der Waals surface area contributed by atoms with Crippen molar-refractivity contribution in [1.29, 1.82) is 0 Å². The number of Topliss-reactive ketones (excluding diaryl/α,β-unsaturated/α-hetero) is 1. The van der Waals surface area contributed by atoms with Crippen LogP contribution in [0.1, 0.15) is 17.2 Å². The maximum absolute atomic E-state index is 13.0. The summed E-state index contributed by atoms with van der Waals surface area (Å²) in [6, 6.07) is 10.8. The molecule has 0 aliphatic carbocycles. The zero-order valence-corrected chi connectivity index (χ0v) is 18.6. The van der Waals surface area contributed by atoms with Gasteiger partial charge in [0.05, 0.1) is 30.4 Å². The normalized spacial score (nSPS) is 17.5. The number of halogens is 1. The number of hydrogen-bond donors (Lipinski definition) is 1. The molecule has 0 bridgehead atoms. The summed E-state index contributed by atoms with van der Waals surface area (Å²) < 4.78 is 15.9. The van der Waals surface area contributed by atoms with Gasteiger partial charge in [-0.1, -0.05) is 36.4 Å². The van der Waals surface area contributed by atoms with Crippen LogP contribution in [0.15, 0.2) is 60.7 Å². The van der Waals surface area contributed by atoms with E-state index in [0.29, 0.717) is 29.2 Å². The Morgan fingerprint density at radius 1 is 1.22 bits per heavy atom. The minimum absolute atomic E-state index is 0.0341. The fraction of sp³-hybridized carbons (Fsp3) is 0.250. The Hall–Kier alpha value is -3.29. The van der Waals surface area contributed by atoms with E-state index in [0.717, 1.165) is 0 Å². The van der Waals surface area contributed by atoms with E-state index in [1.54, 1.807) is 42.5 Å². The van der Waals surface area contributed by atoms with E-state index >= 15 is 0 Å². The molecule has 32 heavy (non-hydrogen) atoms. The number of benzene rings is 2. The highest BCUT2D eigenvalue weighted by molar-refractivity contribution is 6.46. The highest BCUT2D eigenvalue weighted by Gasteiger charge is 2.46. The molecule has 1 amide bonds. The zero-order valence-electron chi connectivity index (χ0n) is 17.8. The van der Waals surface area contributed by atoms with Crippen molar-refractivity contribution in [3.05, 3.63) is 76.8 Å². The summed E-state index contributed by atoms with van der Waals surface area (Å²) in [4.78, 5) is 27.2. The van der Waals surface area contributed by atoms with Gasteiger partial charge in [0.15, 0.2) is 0 Å². The van der Waals surface area contributed by atoms with Gasteiger partial charge in [-0.25, -0.2) is 0 Å². The number of likely N-dealkylation sites (tertiary alicyclic amines) is 1. The molecule has 168 valence electrons. The molecular weight excluding hydrogens is 434 g/mol. The quantitative estimate of drug-likeness (QED) is 0.265. The number of carbonyl (C=O) groups is 2. The molecule has 2 aromatic carbocycles. The van der Waals surface area contributed by atoms with E-state index in [4.69, 9.17) is 25.8 Å². The standard InChI is InChI=1S/C24H24ClNO6/c1-4-11-32-17-7-5-6-15(13-17)21-20(23(28)24(29)26(21)10-12-30-2)22(27)16-8-9-19(31-3)18(25)14-16/h4-9,13-14,21,27H,1,10-12H2,2-3H3/b22-20+. The third kappa shape index (κ3) is 4.64. The largest absolute Gasteiger partial charge is 0.507 e. The second-order valence-electron chi connectivity index (χ2n) is 7.01. The summed E-state index contributed by atoms with van der Waals surface area (Å²) in [6.07, 6.45) is 1.62. The number of ketones is 1. The fourth-order valence-corrected chi connectivity index (χ4v) is 3.80. The fourth-order valence-electron chi connectivity index (χ4n) is 3.55. The van der Waals surface area contributed by atoms with E-state index in [9.17, 15) is 14.7 Å². The van der Waals surface area contributed by atoms with Gasteiger partial charge in [0, 0.05) is 19.2 Å². The van der Waals surface area contributed by atoms with Crippen LogP contribution < -0.4 is 9.47 Å². The van der Waals surface area contributed by atoms with Crippen LogP contribution in [0.4, 0.5) is 0 Å².